The average Bonchev–Trinajstić information content (AvgIpc) is 2.86. The number of carbonyl (C=O) groups is 1. The second kappa shape index (κ2) is 7.40. The molecule has 96 valence electrons. The number of rotatable bonds is 7. The molecule has 2 unspecified atom stereocenters. The average molecular weight is 255 g/mol. The smallest absolute Gasteiger partial charge is 0.236 e. The largest absolute Gasteiger partial charge is 0.355 e. The van der Waals surface area contributed by atoms with Gasteiger partial charge in [0, 0.05) is 18.1 Å². The molecule has 1 amide bonds. The highest BCUT2D eigenvalue weighted by atomic mass is 32.1. The van der Waals surface area contributed by atoms with Crippen LogP contribution in [-0.4, -0.2) is 23.5 Å². The lowest BCUT2D eigenvalue weighted by molar-refractivity contribution is -0.122. The van der Waals surface area contributed by atoms with Gasteiger partial charge >= 0.3 is 0 Å². The van der Waals surface area contributed by atoms with Gasteiger partial charge in [0.15, 0.2) is 0 Å². The third-order valence-corrected chi connectivity index (χ3v) is 3.44. The van der Waals surface area contributed by atoms with E-state index < -0.39 is 0 Å². The van der Waals surface area contributed by atoms with E-state index in [-0.39, 0.29) is 18.0 Å². The van der Waals surface area contributed by atoms with Crippen LogP contribution in [0, 0.1) is 0 Å². The van der Waals surface area contributed by atoms with Gasteiger partial charge in [-0.3, -0.25) is 10.1 Å². The predicted molar refractivity (Wildman–Crippen MR) is 71.0 cm³/mol. The molecule has 5 heteroatoms. The van der Waals surface area contributed by atoms with Crippen molar-refractivity contribution in [2.75, 3.05) is 6.54 Å². The predicted octanol–water partition coefficient (Wildman–Crippen LogP) is 2.10. The molecule has 2 N–H and O–H groups in total. The van der Waals surface area contributed by atoms with Crippen molar-refractivity contribution in [1.29, 1.82) is 0 Å². The van der Waals surface area contributed by atoms with E-state index in [1.165, 1.54) is 0 Å². The first-order valence-electron chi connectivity index (χ1n) is 6.12. The zero-order valence-corrected chi connectivity index (χ0v) is 11.5. The SMILES string of the molecule is CCCNC(=O)C(C)NC(CC)c1nccs1. The monoisotopic (exact) mass is 255 g/mol. The standard InChI is InChI=1S/C12H21N3OS/c1-4-6-13-11(16)9(3)15-10(5-2)12-14-7-8-17-12/h7-10,15H,4-6H2,1-3H3,(H,13,16). The minimum Gasteiger partial charge on any atom is -0.355 e. The summed E-state index contributed by atoms with van der Waals surface area (Å²) < 4.78 is 0. The Morgan fingerprint density at radius 2 is 2.29 bits per heavy atom. The van der Waals surface area contributed by atoms with Gasteiger partial charge in [-0.25, -0.2) is 4.98 Å². The minimum absolute atomic E-state index is 0.0573. The van der Waals surface area contributed by atoms with Gasteiger partial charge in [-0.15, -0.1) is 11.3 Å². The second-order valence-electron chi connectivity index (χ2n) is 4.01. The van der Waals surface area contributed by atoms with E-state index in [0.29, 0.717) is 0 Å². The molecule has 0 bridgehead atoms. The lowest BCUT2D eigenvalue weighted by Gasteiger charge is -2.20. The highest BCUT2D eigenvalue weighted by molar-refractivity contribution is 7.09. The van der Waals surface area contributed by atoms with Gasteiger partial charge in [0.25, 0.3) is 0 Å². The topological polar surface area (TPSA) is 54.0 Å². The highest BCUT2D eigenvalue weighted by Crippen LogP contribution is 2.19. The van der Waals surface area contributed by atoms with Gasteiger partial charge in [-0.2, -0.15) is 0 Å². The molecule has 0 aliphatic rings. The Kier molecular flexibility index (Phi) is 6.15. The number of carbonyl (C=O) groups excluding carboxylic acids is 1. The van der Waals surface area contributed by atoms with Crippen LogP contribution in [0.1, 0.15) is 44.7 Å². The van der Waals surface area contributed by atoms with Crippen LogP contribution < -0.4 is 10.6 Å². The van der Waals surface area contributed by atoms with E-state index in [2.05, 4.69) is 22.5 Å². The maximum absolute atomic E-state index is 11.7. The van der Waals surface area contributed by atoms with Gasteiger partial charge in [0.2, 0.25) is 5.91 Å². The van der Waals surface area contributed by atoms with Crippen molar-refractivity contribution < 1.29 is 4.79 Å². The van der Waals surface area contributed by atoms with E-state index in [4.69, 9.17) is 0 Å². The second-order valence-corrected chi connectivity index (χ2v) is 4.94. The Morgan fingerprint density at radius 3 is 2.82 bits per heavy atom. The van der Waals surface area contributed by atoms with Crippen LogP contribution in [0.3, 0.4) is 0 Å². The number of thiazole rings is 1. The van der Waals surface area contributed by atoms with Crippen molar-refractivity contribution in [1.82, 2.24) is 15.6 Å². The number of amides is 1. The third-order valence-electron chi connectivity index (χ3n) is 2.55. The lowest BCUT2D eigenvalue weighted by Crippen LogP contribution is -2.43. The highest BCUT2D eigenvalue weighted by Gasteiger charge is 2.18. The fourth-order valence-electron chi connectivity index (χ4n) is 1.55. The molecule has 2 atom stereocenters. The maximum Gasteiger partial charge on any atom is 0.236 e. The summed E-state index contributed by atoms with van der Waals surface area (Å²) in [6.07, 6.45) is 3.69. The summed E-state index contributed by atoms with van der Waals surface area (Å²) in [4.78, 5) is 16.0. The Labute approximate surface area is 107 Å². The zero-order chi connectivity index (χ0) is 12.7. The Bertz CT molecular complexity index is 327. The number of hydrogen-bond acceptors (Lipinski definition) is 4. The molecule has 0 aliphatic heterocycles. The van der Waals surface area contributed by atoms with E-state index in [0.717, 1.165) is 24.4 Å². The summed E-state index contributed by atoms with van der Waals surface area (Å²) >= 11 is 1.62. The summed E-state index contributed by atoms with van der Waals surface area (Å²) in [5.74, 6) is 0.0573. The maximum atomic E-state index is 11.7. The summed E-state index contributed by atoms with van der Waals surface area (Å²) in [6, 6.07) is -0.0206. The molecule has 1 aromatic heterocycles. The summed E-state index contributed by atoms with van der Waals surface area (Å²) in [7, 11) is 0. The van der Waals surface area contributed by atoms with E-state index in [9.17, 15) is 4.79 Å². The normalized spacial score (nSPS) is 14.3. The third kappa shape index (κ3) is 4.44. The first kappa shape index (κ1) is 14.1. The van der Waals surface area contributed by atoms with Gasteiger partial charge in [-0.05, 0) is 19.8 Å². The summed E-state index contributed by atoms with van der Waals surface area (Å²) in [5.41, 5.74) is 0. The van der Waals surface area contributed by atoms with E-state index in [1.807, 2.05) is 19.2 Å². The van der Waals surface area contributed by atoms with Crippen molar-refractivity contribution in [3.63, 3.8) is 0 Å². The molecular weight excluding hydrogens is 234 g/mol. The fraction of sp³-hybridized carbons (Fsp3) is 0.667. The van der Waals surface area contributed by atoms with Crippen molar-refractivity contribution in [2.24, 2.45) is 0 Å². The molecule has 0 saturated carbocycles. The summed E-state index contributed by atoms with van der Waals surface area (Å²) in [6.45, 7) is 6.76. The zero-order valence-electron chi connectivity index (χ0n) is 10.7. The Balaban J connectivity index is 2.48. The van der Waals surface area contributed by atoms with Crippen LogP contribution in [0.5, 0.6) is 0 Å². The number of nitrogens with one attached hydrogen (secondary N) is 2. The summed E-state index contributed by atoms with van der Waals surface area (Å²) in [5, 5.41) is 9.21. The molecule has 1 rings (SSSR count). The van der Waals surface area contributed by atoms with Crippen LogP contribution in [-0.2, 0) is 4.79 Å². The van der Waals surface area contributed by atoms with Gasteiger partial charge < -0.3 is 5.32 Å². The molecule has 0 aliphatic carbocycles. The Morgan fingerprint density at radius 1 is 1.53 bits per heavy atom. The molecule has 1 heterocycles. The molecule has 17 heavy (non-hydrogen) atoms. The van der Waals surface area contributed by atoms with Crippen molar-refractivity contribution in [3.05, 3.63) is 16.6 Å². The van der Waals surface area contributed by atoms with Crippen molar-refractivity contribution in [2.45, 2.75) is 45.7 Å². The van der Waals surface area contributed by atoms with Crippen LogP contribution in [0.25, 0.3) is 0 Å². The molecule has 0 fully saturated rings. The van der Waals surface area contributed by atoms with Crippen molar-refractivity contribution >= 4 is 17.2 Å². The van der Waals surface area contributed by atoms with E-state index >= 15 is 0 Å². The van der Waals surface area contributed by atoms with Crippen molar-refractivity contribution in [3.8, 4) is 0 Å². The van der Waals surface area contributed by atoms with Gasteiger partial charge in [0.05, 0.1) is 12.1 Å². The minimum atomic E-state index is -0.185. The van der Waals surface area contributed by atoms with Crippen LogP contribution in [0.15, 0.2) is 11.6 Å². The van der Waals surface area contributed by atoms with Gasteiger partial charge in [-0.1, -0.05) is 13.8 Å². The number of hydrogen-bond donors (Lipinski definition) is 2. The van der Waals surface area contributed by atoms with E-state index in [1.54, 1.807) is 17.5 Å². The molecule has 0 aromatic carbocycles. The Hall–Kier alpha value is -0.940. The molecule has 0 radical (unpaired) electrons. The molecule has 0 saturated heterocycles. The molecule has 4 nitrogen and oxygen atoms in total. The molecular formula is C12H21N3OS. The van der Waals surface area contributed by atoms with Crippen LogP contribution in [0.2, 0.25) is 0 Å². The fourth-order valence-corrected chi connectivity index (χ4v) is 2.33. The lowest BCUT2D eigenvalue weighted by atomic mass is 10.2. The molecule has 0 spiro atoms. The number of aromatic nitrogens is 1. The first-order chi connectivity index (χ1) is 8.19. The number of nitrogens with zero attached hydrogens (tertiary/aromatic N) is 1. The quantitative estimate of drug-likeness (QED) is 0.784. The van der Waals surface area contributed by atoms with Crippen LogP contribution in [0.4, 0.5) is 0 Å². The van der Waals surface area contributed by atoms with Gasteiger partial charge in [0.1, 0.15) is 5.01 Å². The molecule has 1 aromatic rings. The first-order valence-corrected chi connectivity index (χ1v) is 7.00. The van der Waals surface area contributed by atoms with Crippen LogP contribution >= 0.6 is 11.3 Å².